The molecule has 0 radical (unpaired) electrons. The minimum Gasteiger partial charge on any atom is -0.353 e. The molecule has 2 rings (SSSR count). The van der Waals surface area contributed by atoms with Crippen molar-refractivity contribution < 1.29 is 14.5 Å². The second kappa shape index (κ2) is 10.9. The second-order valence-electron chi connectivity index (χ2n) is 9.12. The Labute approximate surface area is 190 Å². The maximum absolute atomic E-state index is 13.3. The molecule has 0 spiro atoms. The molecule has 2 amide bonds. The van der Waals surface area contributed by atoms with Crippen LogP contribution in [0.15, 0.2) is 36.5 Å². The third-order valence-corrected chi connectivity index (χ3v) is 5.19. The lowest BCUT2D eigenvalue weighted by molar-refractivity contribution is -0.385. The van der Waals surface area contributed by atoms with E-state index in [1.165, 1.54) is 11.0 Å². The maximum Gasteiger partial charge on any atom is 0.273 e. The molecule has 1 aromatic heterocycles. The number of nitro groups is 1. The van der Waals surface area contributed by atoms with E-state index in [1.54, 1.807) is 24.0 Å². The fourth-order valence-electron chi connectivity index (χ4n) is 3.60. The summed E-state index contributed by atoms with van der Waals surface area (Å²) in [6.07, 6.45) is 1.94. The Balaban J connectivity index is 2.28. The third kappa shape index (κ3) is 6.67. The Morgan fingerprint density at radius 2 is 1.69 bits per heavy atom. The summed E-state index contributed by atoms with van der Waals surface area (Å²) in [4.78, 5) is 40.6. The molecule has 0 aliphatic carbocycles. The van der Waals surface area contributed by atoms with E-state index in [4.69, 9.17) is 0 Å². The third-order valence-electron chi connectivity index (χ3n) is 5.19. The minimum absolute atomic E-state index is 0.0736. The summed E-state index contributed by atoms with van der Waals surface area (Å²) in [6.45, 7) is 11.0. The number of aryl methyl sites for hydroxylation is 2. The van der Waals surface area contributed by atoms with Crippen molar-refractivity contribution in [3.63, 3.8) is 0 Å². The van der Waals surface area contributed by atoms with E-state index >= 15 is 0 Å². The van der Waals surface area contributed by atoms with Gasteiger partial charge in [-0.3, -0.25) is 19.7 Å². The van der Waals surface area contributed by atoms with Crippen LogP contribution in [0, 0.1) is 28.9 Å². The van der Waals surface area contributed by atoms with Crippen LogP contribution in [0.25, 0.3) is 0 Å². The number of rotatable bonds is 10. The number of hydrogen-bond donors (Lipinski definition) is 0. The van der Waals surface area contributed by atoms with Gasteiger partial charge in [0.1, 0.15) is 6.54 Å². The quantitative estimate of drug-likeness (QED) is 0.411. The Morgan fingerprint density at radius 1 is 1.06 bits per heavy atom. The molecule has 0 fully saturated rings. The topological polar surface area (TPSA) is 88.7 Å². The molecule has 0 aliphatic heterocycles. The summed E-state index contributed by atoms with van der Waals surface area (Å²) < 4.78 is 1.98. The molecular formula is C24H34N4O4. The summed E-state index contributed by atoms with van der Waals surface area (Å²) in [6, 6.07) is 8.36. The van der Waals surface area contributed by atoms with Crippen molar-refractivity contribution >= 4 is 17.5 Å². The van der Waals surface area contributed by atoms with Gasteiger partial charge in [0, 0.05) is 49.2 Å². The molecule has 0 bridgehead atoms. The average molecular weight is 443 g/mol. The van der Waals surface area contributed by atoms with Gasteiger partial charge >= 0.3 is 0 Å². The van der Waals surface area contributed by atoms with Crippen molar-refractivity contribution in [3.05, 3.63) is 63.5 Å². The number of nitrogens with zero attached hydrogens (tertiary/aromatic N) is 4. The molecule has 2 aromatic rings. The van der Waals surface area contributed by atoms with E-state index in [0.717, 1.165) is 5.69 Å². The molecule has 0 unspecified atom stereocenters. The first-order valence-electron chi connectivity index (χ1n) is 10.9. The molecule has 0 atom stereocenters. The van der Waals surface area contributed by atoms with Gasteiger partial charge in [0.25, 0.3) is 11.6 Å². The van der Waals surface area contributed by atoms with Crippen LogP contribution in [-0.4, -0.2) is 50.7 Å². The number of carbonyl (C=O) groups is 2. The van der Waals surface area contributed by atoms with E-state index in [-0.39, 0.29) is 41.4 Å². The Bertz CT molecular complexity index is 965. The standard InChI is InChI=1S/C24H34N4O4/c1-17(2)13-26(15-21-8-7-11-25(21)6)23(29)16-27(14-18(3)4)24(30)20-10-9-19(5)22(12-20)28(31)32/h7-12,17-18H,13-16H2,1-6H3. The zero-order chi connectivity index (χ0) is 24.0. The van der Waals surface area contributed by atoms with Crippen molar-refractivity contribution in [2.24, 2.45) is 18.9 Å². The van der Waals surface area contributed by atoms with Crippen LogP contribution in [0.2, 0.25) is 0 Å². The largest absolute Gasteiger partial charge is 0.353 e. The zero-order valence-electron chi connectivity index (χ0n) is 19.9. The summed E-state index contributed by atoms with van der Waals surface area (Å²) >= 11 is 0. The Kier molecular flexibility index (Phi) is 8.57. The van der Waals surface area contributed by atoms with Crippen LogP contribution < -0.4 is 0 Å². The lowest BCUT2D eigenvalue weighted by Crippen LogP contribution is -2.45. The van der Waals surface area contributed by atoms with Gasteiger partial charge in [-0.05, 0) is 37.0 Å². The number of benzene rings is 1. The molecular weight excluding hydrogens is 408 g/mol. The molecule has 8 nitrogen and oxygen atoms in total. The Hall–Kier alpha value is -3.16. The predicted octanol–water partition coefficient (Wildman–Crippen LogP) is 4.02. The van der Waals surface area contributed by atoms with Crippen LogP contribution in [-0.2, 0) is 18.4 Å². The number of amides is 2. The Morgan fingerprint density at radius 3 is 2.22 bits per heavy atom. The molecule has 32 heavy (non-hydrogen) atoms. The lowest BCUT2D eigenvalue weighted by atomic mass is 10.1. The summed E-state index contributed by atoms with van der Waals surface area (Å²) in [5, 5.41) is 11.3. The fourth-order valence-corrected chi connectivity index (χ4v) is 3.60. The molecule has 0 aliphatic rings. The summed E-state index contributed by atoms with van der Waals surface area (Å²) in [5.74, 6) is -0.110. The number of nitro benzene ring substituents is 1. The smallest absolute Gasteiger partial charge is 0.273 e. The highest BCUT2D eigenvalue weighted by atomic mass is 16.6. The van der Waals surface area contributed by atoms with Gasteiger partial charge in [0.05, 0.1) is 11.5 Å². The molecule has 0 saturated heterocycles. The van der Waals surface area contributed by atoms with Crippen LogP contribution >= 0.6 is 0 Å². The lowest BCUT2D eigenvalue weighted by Gasteiger charge is -2.30. The minimum atomic E-state index is -0.492. The monoisotopic (exact) mass is 442 g/mol. The van der Waals surface area contributed by atoms with Gasteiger partial charge in [0.15, 0.2) is 0 Å². The van der Waals surface area contributed by atoms with Crippen molar-refractivity contribution in [2.75, 3.05) is 19.6 Å². The molecule has 0 saturated carbocycles. The first-order chi connectivity index (χ1) is 15.0. The number of carbonyl (C=O) groups excluding carboxylic acids is 2. The fraction of sp³-hybridized carbons (Fsp3) is 0.500. The van der Waals surface area contributed by atoms with Crippen molar-refractivity contribution in [2.45, 2.75) is 41.2 Å². The van der Waals surface area contributed by atoms with Crippen molar-refractivity contribution in [3.8, 4) is 0 Å². The number of hydrogen-bond acceptors (Lipinski definition) is 4. The number of aromatic nitrogens is 1. The molecule has 8 heteroatoms. The van der Waals surface area contributed by atoms with Crippen LogP contribution in [0.3, 0.4) is 0 Å². The summed E-state index contributed by atoms with van der Waals surface area (Å²) in [7, 11) is 1.94. The maximum atomic E-state index is 13.3. The molecule has 174 valence electrons. The highest BCUT2D eigenvalue weighted by molar-refractivity contribution is 5.97. The van der Waals surface area contributed by atoms with Gasteiger partial charge in [-0.2, -0.15) is 0 Å². The van der Waals surface area contributed by atoms with E-state index in [0.29, 0.717) is 25.2 Å². The predicted molar refractivity (Wildman–Crippen MR) is 124 cm³/mol. The van der Waals surface area contributed by atoms with E-state index in [9.17, 15) is 19.7 Å². The van der Waals surface area contributed by atoms with Crippen LogP contribution in [0.1, 0.15) is 49.3 Å². The van der Waals surface area contributed by atoms with Crippen LogP contribution in [0.4, 0.5) is 5.69 Å². The molecule has 0 N–H and O–H groups in total. The van der Waals surface area contributed by atoms with E-state index in [1.807, 2.05) is 57.6 Å². The van der Waals surface area contributed by atoms with Gasteiger partial charge in [-0.25, -0.2) is 0 Å². The highest BCUT2D eigenvalue weighted by Crippen LogP contribution is 2.21. The van der Waals surface area contributed by atoms with E-state index in [2.05, 4.69) is 0 Å². The van der Waals surface area contributed by atoms with Crippen LogP contribution in [0.5, 0.6) is 0 Å². The van der Waals surface area contributed by atoms with Gasteiger partial charge in [-0.1, -0.05) is 33.8 Å². The summed E-state index contributed by atoms with van der Waals surface area (Å²) in [5.41, 5.74) is 1.61. The normalized spacial score (nSPS) is 11.1. The first-order valence-corrected chi connectivity index (χ1v) is 10.9. The average Bonchev–Trinajstić information content (AvgIpc) is 3.10. The van der Waals surface area contributed by atoms with Crippen molar-refractivity contribution in [1.82, 2.24) is 14.4 Å². The van der Waals surface area contributed by atoms with Gasteiger partial charge in [0.2, 0.25) is 5.91 Å². The SMILES string of the molecule is Cc1ccc(C(=O)N(CC(=O)N(Cc2cccn2C)CC(C)C)CC(C)C)cc1[N+](=O)[O-]. The van der Waals surface area contributed by atoms with E-state index < -0.39 is 4.92 Å². The highest BCUT2D eigenvalue weighted by Gasteiger charge is 2.25. The van der Waals surface area contributed by atoms with Crippen molar-refractivity contribution in [1.29, 1.82) is 0 Å². The van der Waals surface area contributed by atoms with Gasteiger partial charge in [-0.15, -0.1) is 0 Å². The van der Waals surface area contributed by atoms with Gasteiger partial charge < -0.3 is 14.4 Å². The zero-order valence-corrected chi connectivity index (χ0v) is 19.9. The first kappa shape index (κ1) is 25.1. The molecule has 1 heterocycles. The second-order valence-corrected chi connectivity index (χ2v) is 9.12. The molecule has 1 aromatic carbocycles.